The Hall–Kier alpha value is -3.11. The Morgan fingerprint density at radius 1 is 1.31 bits per heavy atom. The zero-order chi connectivity index (χ0) is 18.8. The van der Waals surface area contributed by atoms with Crippen molar-refractivity contribution in [3.63, 3.8) is 0 Å². The van der Waals surface area contributed by atoms with Crippen molar-refractivity contribution in [1.82, 2.24) is 9.97 Å². The Morgan fingerprint density at radius 2 is 2.08 bits per heavy atom. The van der Waals surface area contributed by atoms with E-state index in [4.69, 9.17) is 9.47 Å². The summed E-state index contributed by atoms with van der Waals surface area (Å²) in [5.74, 6) is 1.30. The predicted molar refractivity (Wildman–Crippen MR) is 103 cm³/mol. The Kier molecular flexibility index (Phi) is 4.78. The topological polar surface area (TPSA) is 88.0 Å². The summed E-state index contributed by atoms with van der Waals surface area (Å²) in [6.07, 6.45) is 1.62. The molecule has 3 rings (SSSR count). The van der Waals surface area contributed by atoms with Crippen LogP contribution in [0.3, 0.4) is 0 Å². The largest absolute Gasteiger partial charge is 0.493 e. The number of H-pyrrole nitrogens is 1. The highest BCUT2D eigenvalue weighted by atomic mass is 32.1. The van der Waals surface area contributed by atoms with Crippen LogP contribution in [-0.4, -0.2) is 24.2 Å². The van der Waals surface area contributed by atoms with E-state index in [9.17, 15) is 10.1 Å². The van der Waals surface area contributed by atoms with Crippen LogP contribution in [0.4, 0.5) is 0 Å². The van der Waals surface area contributed by atoms with Crippen LogP contribution >= 0.6 is 11.3 Å². The van der Waals surface area contributed by atoms with E-state index in [1.807, 2.05) is 13.8 Å². The Labute approximate surface area is 154 Å². The number of rotatable bonds is 4. The SMILES string of the molecule is COc1cccc(/C=C(\C#N)c2nc3sc(C)c(C)c3c(=O)[nH]2)c1OC. The predicted octanol–water partition coefficient (Wildman–Crippen LogP) is 3.68. The van der Waals surface area contributed by atoms with Gasteiger partial charge in [-0.05, 0) is 31.6 Å². The Bertz CT molecular complexity index is 1120. The number of nitrogens with one attached hydrogen (secondary N) is 1. The van der Waals surface area contributed by atoms with Crippen LogP contribution in [0, 0.1) is 25.2 Å². The Balaban J connectivity index is 2.19. The lowest BCUT2D eigenvalue weighted by Gasteiger charge is -2.10. The molecule has 3 aromatic rings. The lowest BCUT2D eigenvalue weighted by molar-refractivity contribution is 0.354. The van der Waals surface area contributed by atoms with E-state index >= 15 is 0 Å². The van der Waals surface area contributed by atoms with Gasteiger partial charge in [0.05, 0.1) is 25.2 Å². The fourth-order valence-corrected chi connectivity index (χ4v) is 3.75. The summed E-state index contributed by atoms with van der Waals surface area (Å²) in [4.78, 5) is 21.3. The molecule has 0 aliphatic heterocycles. The average molecular weight is 367 g/mol. The maximum Gasteiger partial charge on any atom is 0.260 e. The fraction of sp³-hybridized carbons (Fsp3) is 0.211. The molecule has 6 nitrogen and oxygen atoms in total. The molecule has 26 heavy (non-hydrogen) atoms. The maximum absolute atomic E-state index is 12.5. The second-order valence-electron chi connectivity index (χ2n) is 5.63. The summed E-state index contributed by atoms with van der Waals surface area (Å²) < 4.78 is 10.7. The number of hydrogen-bond acceptors (Lipinski definition) is 6. The first-order chi connectivity index (χ1) is 12.5. The van der Waals surface area contributed by atoms with E-state index < -0.39 is 0 Å². The number of thiophene rings is 1. The van der Waals surface area contributed by atoms with Gasteiger partial charge in [0.1, 0.15) is 10.9 Å². The molecule has 1 aromatic carbocycles. The maximum atomic E-state index is 12.5. The lowest BCUT2D eigenvalue weighted by atomic mass is 10.1. The number of methoxy groups -OCH3 is 2. The minimum Gasteiger partial charge on any atom is -0.493 e. The third-order valence-corrected chi connectivity index (χ3v) is 5.25. The number of para-hydroxylation sites is 1. The van der Waals surface area contributed by atoms with E-state index in [1.165, 1.54) is 18.4 Å². The van der Waals surface area contributed by atoms with E-state index in [2.05, 4.69) is 16.0 Å². The van der Waals surface area contributed by atoms with Gasteiger partial charge in [0.2, 0.25) is 0 Å². The molecular weight excluding hydrogens is 350 g/mol. The highest BCUT2D eigenvalue weighted by Gasteiger charge is 2.15. The normalized spacial score (nSPS) is 11.4. The molecule has 0 radical (unpaired) electrons. The number of benzene rings is 1. The smallest absolute Gasteiger partial charge is 0.260 e. The van der Waals surface area contributed by atoms with Gasteiger partial charge in [-0.25, -0.2) is 4.98 Å². The summed E-state index contributed by atoms with van der Waals surface area (Å²) in [7, 11) is 3.08. The Morgan fingerprint density at radius 3 is 2.73 bits per heavy atom. The van der Waals surface area contributed by atoms with E-state index in [0.29, 0.717) is 27.3 Å². The second-order valence-corrected chi connectivity index (χ2v) is 6.83. The van der Waals surface area contributed by atoms with Gasteiger partial charge in [0.25, 0.3) is 5.56 Å². The number of hydrogen-bond donors (Lipinski definition) is 1. The summed E-state index contributed by atoms with van der Waals surface area (Å²) in [6, 6.07) is 7.47. The van der Waals surface area contributed by atoms with Crippen LogP contribution in [0.15, 0.2) is 23.0 Å². The van der Waals surface area contributed by atoms with Crippen LogP contribution < -0.4 is 15.0 Å². The van der Waals surface area contributed by atoms with Gasteiger partial charge < -0.3 is 14.5 Å². The lowest BCUT2D eigenvalue weighted by Crippen LogP contribution is -2.10. The first-order valence-corrected chi connectivity index (χ1v) is 8.65. The molecule has 0 fully saturated rings. The molecular formula is C19H17N3O3S. The molecule has 0 atom stereocenters. The number of fused-ring (bicyclic) bond motifs is 1. The first kappa shape index (κ1) is 17.7. The van der Waals surface area contributed by atoms with Gasteiger partial charge in [-0.3, -0.25) is 4.79 Å². The van der Waals surface area contributed by atoms with Gasteiger partial charge in [-0.1, -0.05) is 12.1 Å². The van der Waals surface area contributed by atoms with Crippen LogP contribution in [0.5, 0.6) is 11.5 Å². The molecule has 0 saturated carbocycles. The van der Waals surface area contributed by atoms with Crippen molar-refractivity contribution in [2.24, 2.45) is 0 Å². The van der Waals surface area contributed by atoms with E-state index in [-0.39, 0.29) is 17.0 Å². The molecule has 132 valence electrons. The van der Waals surface area contributed by atoms with Crippen LogP contribution in [0.1, 0.15) is 21.8 Å². The van der Waals surface area contributed by atoms with Gasteiger partial charge in [0.15, 0.2) is 17.3 Å². The molecule has 0 saturated heterocycles. The molecule has 2 heterocycles. The zero-order valence-electron chi connectivity index (χ0n) is 14.8. The van der Waals surface area contributed by atoms with Gasteiger partial charge in [-0.2, -0.15) is 5.26 Å². The standard InChI is InChI=1S/C19H17N3O3S/c1-10-11(2)26-19-15(10)18(23)21-17(22-19)13(9-20)8-12-6-5-7-14(24-3)16(12)25-4/h5-8H,1-4H3,(H,21,22,23)/b13-8+. The van der Waals surface area contributed by atoms with Crippen molar-refractivity contribution < 1.29 is 9.47 Å². The molecule has 0 amide bonds. The third-order valence-electron chi connectivity index (χ3n) is 4.15. The monoisotopic (exact) mass is 367 g/mol. The zero-order valence-corrected chi connectivity index (χ0v) is 15.7. The van der Waals surface area contributed by atoms with Crippen molar-refractivity contribution in [2.75, 3.05) is 14.2 Å². The number of nitrogens with zero attached hydrogens (tertiary/aromatic N) is 2. The van der Waals surface area contributed by atoms with Gasteiger partial charge in [0, 0.05) is 10.4 Å². The number of nitriles is 1. The summed E-state index contributed by atoms with van der Waals surface area (Å²) >= 11 is 1.44. The van der Waals surface area contributed by atoms with Crippen LogP contribution in [0.2, 0.25) is 0 Å². The highest BCUT2D eigenvalue weighted by molar-refractivity contribution is 7.18. The minimum absolute atomic E-state index is 0.233. The number of aryl methyl sites for hydroxylation is 2. The number of aromatic nitrogens is 2. The van der Waals surface area contributed by atoms with Crippen molar-refractivity contribution in [2.45, 2.75) is 13.8 Å². The molecule has 0 unspecified atom stereocenters. The van der Waals surface area contributed by atoms with Gasteiger partial charge >= 0.3 is 0 Å². The second kappa shape index (κ2) is 7.02. The number of allylic oxidation sites excluding steroid dienone is 1. The molecule has 0 spiro atoms. The van der Waals surface area contributed by atoms with Crippen molar-refractivity contribution in [1.29, 1.82) is 5.26 Å². The van der Waals surface area contributed by atoms with E-state index in [1.54, 1.807) is 31.4 Å². The summed E-state index contributed by atoms with van der Waals surface area (Å²) in [5, 5.41) is 10.2. The third kappa shape index (κ3) is 2.95. The van der Waals surface area contributed by atoms with Crippen LogP contribution in [-0.2, 0) is 0 Å². The molecule has 1 N–H and O–H groups in total. The minimum atomic E-state index is -0.245. The van der Waals surface area contributed by atoms with Crippen molar-refractivity contribution >= 4 is 33.2 Å². The van der Waals surface area contributed by atoms with Crippen molar-refractivity contribution in [3.05, 3.63) is 50.4 Å². The molecule has 0 aliphatic carbocycles. The number of ether oxygens (including phenoxy) is 2. The molecule has 0 bridgehead atoms. The number of aromatic amines is 1. The quantitative estimate of drug-likeness (QED) is 0.711. The van der Waals surface area contributed by atoms with E-state index in [0.717, 1.165) is 10.4 Å². The van der Waals surface area contributed by atoms with Crippen molar-refractivity contribution in [3.8, 4) is 17.6 Å². The summed E-state index contributed by atoms with van der Waals surface area (Å²) in [5.41, 5.74) is 1.57. The summed E-state index contributed by atoms with van der Waals surface area (Å²) in [6.45, 7) is 3.84. The molecule has 7 heteroatoms. The molecule has 2 aromatic heterocycles. The fourth-order valence-electron chi connectivity index (χ4n) is 2.72. The van der Waals surface area contributed by atoms with Gasteiger partial charge in [-0.15, -0.1) is 11.3 Å². The highest BCUT2D eigenvalue weighted by Crippen LogP contribution is 2.33. The average Bonchev–Trinajstić information content (AvgIpc) is 2.93. The first-order valence-electron chi connectivity index (χ1n) is 7.83. The molecule has 0 aliphatic rings. The van der Waals surface area contributed by atoms with Crippen LogP contribution in [0.25, 0.3) is 21.9 Å².